The van der Waals surface area contributed by atoms with Crippen molar-refractivity contribution in [1.29, 1.82) is 0 Å². The summed E-state index contributed by atoms with van der Waals surface area (Å²) >= 11 is 0. The van der Waals surface area contributed by atoms with E-state index in [1.165, 1.54) is 19.3 Å². The SMILES string of the molecule is CC1(C)CC(=O)C=C(NNC(=O)C2CC23CCC3)C1. The topological polar surface area (TPSA) is 58.2 Å². The summed E-state index contributed by atoms with van der Waals surface area (Å²) in [6, 6.07) is 0. The Labute approximate surface area is 114 Å². The Bertz CT molecular complexity index is 461. The van der Waals surface area contributed by atoms with Crippen LogP contribution in [0, 0.1) is 16.7 Å². The van der Waals surface area contributed by atoms with E-state index in [9.17, 15) is 9.59 Å². The molecule has 1 amide bonds. The van der Waals surface area contributed by atoms with Crippen molar-refractivity contribution in [3.8, 4) is 0 Å². The second-order valence-electron chi connectivity index (χ2n) is 7.24. The Balaban J connectivity index is 1.52. The fourth-order valence-corrected chi connectivity index (χ4v) is 3.56. The number of allylic oxidation sites excluding steroid dienone is 2. The molecule has 0 aromatic heterocycles. The number of hydrogen-bond acceptors (Lipinski definition) is 3. The van der Waals surface area contributed by atoms with Gasteiger partial charge in [-0.1, -0.05) is 20.3 Å². The smallest absolute Gasteiger partial charge is 0.241 e. The van der Waals surface area contributed by atoms with Crippen LogP contribution in [-0.2, 0) is 9.59 Å². The van der Waals surface area contributed by atoms with Gasteiger partial charge in [-0.15, -0.1) is 0 Å². The highest BCUT2D eigenvalue weighted by atomic mass is 16.2. The van der Waals surface area contributed by atoms with Crippen molar-refractivity contribution in [2.75, 3.05) is 0 Å². The summed E-state index contributed by atoms with van der Waals surface area (Å²) in [7, 11) is 0. The first-order valence-electron chi connectivity index (χ1n) is 7.20. The van der Waals surface area contributed by atoms with E-state index in [0.717, 1.165) is 18.5 Å². The first-order chi connectivity index (χ1) is 8.90. The zero-order chi connectivity index (χ0) is 13.7. The predicted molar refractivity (Wildman–Crippen MR) is 71.8 cm³/mol. The summed E-state index contributed by atoms with van der Waals surface area (Å²) in [5, 5.41) is 0. The van der Waals surface area contributed by atoms with E-state index in [1.54, 1.807) is 6.08 Å². The summed E-state index contributed by atoms with van der Waals surface area (Å²) in [5.41, 5.74) is 6.90. The summed E-state index contributed by atoms with van der Waals surface area (Å²) in [6.07, 6.45) is 7.73. The third-order valence-electron chi connectivity index (χ3n) is 4.86. The second-order valence-corrected chi connectivity index (χ2v) is 7.24. The van der Waals surface area contributed by atoms with Crippen molar-refractivity contribution in [1.82, 2.24) is 10.9 Å². The van der Waals surface area contributed by atoms with E-state index in [1.807, 2.05) is 0 Å². The van der Waals surface area contributed by atoms with Crippen molar-refractivity contribution < 1.29 is 9.59 Å². The number of rotatable bonds is 3. The van der Waals surface area contributed by atoms with Gasteiger partial charge in [0.1, 0.15) is 0 Å². The van der Waals surface area contributed by atoms with Crippen LogP contribution >= 0.6 is 0 Å². The van der Waals surface area contributed by atoms with E-state index in [-0.39, 0.29) is 23.0 Å². The summed E-state index contributed by atoms with van der Waals surface area (Å²) in [6.45, 7) is 4.15. The Hall–Kier alpha value is -1.32. The van der Waals surface area contributed by atoms with Crippen LogP contribution in [0.4, 0.5) is 0 Å². The Morgan fingerprint density at radius 2 is 2.05 bits per heavy atom. The van der Waals surface area contributed by atoms with Gasteiger partial charge in [0.05, 0.1) is 0 Å². The molecule has 2 saturated carbocycles. The Kier molecular flexibility index (Phi) is 2.73. The highest BCUT2D eigenvalue weighted by Gasteiger charge is 2.60. The molecule has 2 fully saturated rings. The van der Waals surface area contributed by atoms with Crippen molar-refractivity contribution in [3.63, 3.8) is 0 Å². The number of carbonyl (C=O) groups excluding carboxylic acids is 2. The lowest BCUT2D eigenvalue weighted by atomic mass is 9.79. The highest BCUT2D eigenvalue weighted by Crippen LogP contribution is 2.65. The molecule has 0 aliphatic heterocycles. The number of hydrazine groups is 1. The first kappa shape index (κ1) is 12.7. The molecule has 19 heavy (non-hydrogen) atoms. The van der Waals surface area contributed by atoms with Crippen LogP contribution in [0.3, 0.4) is 0 Å². The molecule has 3 aliphatic rings. The maximum absolute atomic E-state index is 12.0. The normalized spacial score (nSPS) is 30.3. The second kappa shape index (κ2) is 4.09. The Morgan fingerprint density at radius 1 is 1.32 bits per heavy atom. The van der Waals surface area contributed by atoms with Crippen LogP contribution in [0.1, 0.15) is 52.4 Å². The van der Waals surface area contributed by atoms with Crippen LogP contribution < -0.4 is 10.9 Å². The zero-order valence-corrected chi connectivity index (χ0v) is 11.7. The van der Waals surface area contributed by atoms with Gasteiger partial charge in [-0.2, -0.15) is 0 Å². The summed E-state index contributed by atoms with van der Waals surface area (Å²) in [5.74, 6) is 0.424. The lowest BCUT2D eigenvalue weighted by molar-refractivity contribution is -0.124. The van der Waals surface area contributed by atoms with E-state index in [2.05, 4.69) is 24.7 Å². The molecule has 2 N–H and O–H groups in total. The van der Waals surface area contributed by atoms with E-state index >= 15 is 0 Å². The average Bonchev–Trinajstić information content (AvgIpc) is 2.98. The molecule has 0 aromatic rings. The maximum atomic E-state index is 12.0. The third-order valence-corrected chi connectivity index (χ3v) is 4.86. The van der Waals surface area contributed by atoms with Gasteiger partial charge in [-0.25, -0.2) is 0 Å². The van der Waals surface area contributed by atoms with Gasteiger partial charge in [0.2, 0.25) is 5.91 Å². The van der Waals surface area contributed by atoms with Gasteiger partial charge in [0, 0.05) is 24.1 Å². The van der Waals surface area contributed by atoms with Crippen molar-refractivity contribution in [2.24, 2.45) is 16.7 Å². The molecule has 0 saturated heterocycles. The standard InChI is InChI=1S/C15H22N2O2/c1-14(2)7-10(6-11(18)8-14)16-17-13(19)12-9-15(12)4-3-5-15/h6,12,16H,3-5,7-9H2,1-2H3,(H,17,19). The molecule has 3 rings (SSSR count). The number of nitrogens with one attached hydrogen (secondary N) is 2. The van der Waals surface area contributed by atoms with E-state index < -0.39 is 0 Å². The molecule has 0 aromatic carbocycles. The molecule has 1 atom stereocenters. The number of carbonyl (C=O) groups is 2. The molecule has 0 heterocycles. The summed E-state index contributed by atoms with van der Waals surface area (Å²) < 4.78 is 0. The minimum absolute atomic E-state index is 0.0202. The molecule has 1 unspecified atom stereocenters. The van der Waals surface area contributed by atoms with Crippen molar-refractivity contribution >= 4 is 11.7 Å². The molecule has 4 nitrogen and oxygen atoms in total. The van der Waals surface area contributed by atoms with Gasteiger partial charge in [0.25, 0.3) is 0 Å². The van der Waals surface area contributed by atoms with Crippen molar-refractivity contribution in [3.05, 3.63) is 11.8 Å². The van der Waals surface area contributed by atoms with Gasteiger partial charge in [-0.05, 0) is 36.5 Å². The largest absolute Gasteiger partial charge is 0.303 e. The molecular weight excluding hydrogens is 240 g/mol. The van der Waals surface area contributed by atoms with Crippen LogP contribution in [0.15, 0.2) is 11.8 Å². The van der Waals surface area contributed by atoms with Gasteiger partial charge >= 0.3 is 0 Å². The highest BCUT2D eigenvalue weighted by molar-refractivity contribution is 5.91. The number of amides is 1. The van der Waals surface area contributed by atoms with Crippen LogP contribution in [0.25, 0.3) is 0 Å². The first-order valence-corrected chi connectivity index (χ1v) is 7.20. The zero-order valence-electron chi connectivity index (χ0n) is 11.7. The lowest BCUT2D eigenvalue weighted by Crippen LogP contribution is -2.41. The molecule has 1 spiro atoms. The minimum atomic E-state index is -0.0202. The van der Waals surface area contributed by atoms with Gasteiger partial charge < -0.3 is 5.43 Å². The number of hydrogen-bond donors (Lipinski definition) is 2. The molecule has 0 bridgehead atoms. The lowest BCUT2D eigenvalue weighted by Gasteiger charge is -2.29. The molecule has 3 aliphatic carbocycles. The monoisotopic (exact) mass is 262 g/mol. The molecule has 104 valence electrons. The maximum Gasteiger partial charge on any atom is 0.241 e. The summed E-state index contributed by atoms with van der Waals surface area (Å²) in [4.78, 5) is 23.6. The quantitative estimate of drug-likeness (QED) is 0.766. The Morgan fingerprint density at radius 3 is 2.58 bits per heavy atom. The fourth-order valence-electron chi connectivity index (χ4n) is 3.56. The van der Waals surface area contributed by atoms with Crippen molar-refractivity contribution in [2.45, 2.75) is 52.4 Å². The third kappa shape index (κ3) is 2.40. The average molecular weight is 262 g/mol. The van der Waals surface area contributed by atoms with Crippen LogP contribution in [0.5, 0.6) is 0 Å². The molecular formula is C15H22N2O2. The minimum Gasteiger partial charge on any atom is -0.303 e. The number of ketones is 1. The van der Waals surface area contributed by atoms with Gasteiger partial charge in [-0.3, -0.25) is 15.0 Å². The molecule has 4 heteroatoms. The van der Waals surface area contributed by atoms with Gasteiger partial charge in [0.15, 0.2) is 5.78 Å². The predicted octanol–water partition coefficient (Wildman–Crippen LogP) is 2.07. The fraction of sp³-hybridized carbons (Fsp3) is 0.733. The van der Waals surface area contributed by atoms with Crippen LogP contribution in [-0.4, -0.2) is 11.7 Å². The van der Waals surface area contributed by atoms with E-state index in [4.69, 9.17) is 0 Å². The molecule has 0 radical (unpaired) electrons. The van der Waals surface area contributed by atoms with E-state index in [0.29, 0.717) is 11.8 Å². The van der Waals surface area contributed by atoms with Crippen LogP contribution in [0.2, 0.25) is 0 Å².